The molecule has 0 aromatic heterocycles. The molecule has 0 unspecified atom stereocenters. The van der Waals surface area contributed by atoms with Crippen LogP contribution in [0.3, 0.4) is 0 Å². The second-order valence-electron chi connectivity index (χ2n) is 4.45. The molecule has 100 valence electrons. The Morgan fingerprint density at radius 3 is 2.67 bits per heavy atom. The van der Waals surface area contributed by atoms with Crippen LogP contribution in [0.2, 0.25) is 0 Å². The summed E-state index contributed by atoms with van der Waals surface area (Å²) in [5, 5.41) is 0. The number of hydrogen-bond acceptors (Lipinski definition) is 3. The first kappa shape index (κ1) is 15.3. The molecular weight excluding hydrogens is 296 g/mol. The van der Waals surface area contributed by atoms with Gasteiger partial charge in [0.1, 0.15) is 13.1 Å². The van der Waals surface area contributed by atoms with Gasteiger partial charge < -0.3 is 14.3 Å². The summed E-state index contributed by atoms with van der Waals surface area (Å²) < 4.78 is 11.9. The van der Waals surface area contributed by atoms with E-state index in [4.69, 9.17) is 9.47 Å². The zero-order valence-corrected chi connectivity index (χ0v) is 12.6. The van der Waals surface area contributed by atoms with Gasteiger partial charge in [-0.15, -0.1) is 0 Å². The molecule has 0 radical (unpaired) electrons. The quantitative estimate of drug-likeness (QED) is 0.439. The van der Waals surface area contributed by atoms with Crippen molar-refractivity contribution in [3.05, 3.63) is 33.8 Å². The molecule has 3 nitrogen and oxygen atoms in total. The largest absolute Gasteiger partial charge is 0.356 e. The summed E-state index contributed by atoms with van der Waals surface area (Å²) in [4.78, 5) is 10.5. The average molecular weight is 315 g/mol. The van der Waals surface area contributed by atoms with Crippen LogP contribution in [0.1, 0.15) is 31.9 Å². The summed E-state index contributed by atoms with van der Waals surface area (Å²) in [5.74, 6) is 0. The van der Waals surface area contributed by atoms with Crippen molar-refractivity contribution in [2.75, 3.05) is 13.4 Å². The van der Waals surface area contributed by atoms with Gasteiger partial charge in [0.25, 0.3) is 0 Å². The predicted octanol–water partition coefficient (Wildman–Crippen LogP) is 3.44. The van der Waals surface area contributed by atoms with Crippen molar-refractivity contribution in [2.45, 2.75) is 32.8 Å². The third-order valence-corrected chi connectivity index (χ3v) is 3.36. The molecule has 0 N–H and O–H groups in total. The number of carbonyl (C=O) groups is 1. The van der Waals surface area contributed by atoms with E-state index in [1.165, 1.54) is 0 Å². The van der Waals surface area contributed by atoms with E-state index in [0.29, 0.717) is 13.0 Å². The van der Waals surface area contributed by atoms with E-state index >= 15 is 0 Å². The monoisotopic (exact) mass is 314 g/mol. The fourth-order valence-corrected chi connectivity index (χ4v) is 2.52. The molecule has 0 aliphatic heterocycles. The highest BCUT2D eigenvalue weighted by atomic mass is 79.9. The Morgan fingerprint density at radius 1 is 1.39 bits per heavy atom. The van der Waals surface area contributed by atoms with Gasteiger partial charge in [0.2, 0.25) is 0 Å². The Kier molecular flexibility index (Phi) is 5.99. The zero-order chi connectivity index (χ0) is 13.6. The van der Waals surface area contributed by atoms with Crippen molar-refractivity contribution in [1.82, 2.24) is 0 Å². The number of halogens is 1. The minimum atomic E-state index is -0.437. The molecule has 1 rings (SSSR count). The van der Waals surface area contributed by atoms with E-state index in [1.54, 1.807) is 0 Å². The van der Waals surface area contributed by atoms with Crippen molar-refractivity contribution in [3.63, 3.8) is 0 Å². The van der Waals surface area contributed by atoms with Crippen LogP contribution in [-0.2, 0) is 26.3 Å². The summed E-state index contributed by atoms with van der Waals surface area (Å²) in [5.41, 5.74) is 1.59. The highest BCUT2D eigenvalue weighted by Crippen LogP contribution is 2.32. The van der Waals surface area contributed by atoms with Gasteiger partial charge in [-0.25, -0.2) is 0 Å². The first-order valence-electron chi connectivity index (χ1n) is 5.95. The molecule has 0 amide bonds. The lowest BCUT2D eigenvalue weighted by atomic mass is 9.96. The Balaban J connectivity index is 2.84. The van der Waals surface area contributed by atoms with Gasteiger partial charge in [-0.2, -0.15) is 0 Å². The van der Waals surface area contributed by atoms with E-state index in [9.17, 15) is 4.79 Å². The molecule has 0 saturated carbocycles. The van der Waals surface area contributed by atoms with Crippen LogP contribution in [0, 0.1) is 0 Å². The summed E-state index contributed by atoms with van der Waals surface area (Å²) in [6, 6.07) is 5.88. The molecular formula is C14H19BrO3. The number of rotatable bonds is 7. The lowest BCUT2D eigenvalue weighted by Gasteiger charge is -2.27. The highest BCUT2D eigenvalue weighted by Gasteiger charge is 2.24. The number of benzene rings is 1. The van der Waals surface area contributed by atoms with E-state index in [0.717, 1.165) is 21.9 Å². The number of hydrogen-bond donors (Lipinski definition) is 0. The second-order valence-corrected chi connectivity index (χ2v) is 5.30. The van der Waals surface area contributed by atoms with Gasteiger partial charge >= 0.3 is 0 Å². The van der Waals surface area contributed by atoms with Crippen molar-refractivity contribution >= 4 is 22.2 Å². The Bertz CT molecular complexity index is 402. The molecule has 0 atom stereocenters. The van der Waals surface area contributed by atoms with E-state index in [2.05, 4.69) is 15.9 Å². The standard InChI is InChI=1S/C14H19BrO3/c1-4-17-10-18-14(2,3)12-6-5-11(7-8-16)9-13(12)15/h5-6,8-9H,4,7,10H2,1-3H3. The van der Waals surface area contributed by atoms with Crippen LogP contribution >= 0.6 is 15.9 Å². The maximum atomic E-state index is 10.5. The summed E-state index contributed by atoms with van der Waals surface area (Å²) in [6.07, 6.45) is 1.33. The van der Waals surface area contributed by atoms with Gasteiger partial charge in [-0.3, -0.25) is 0 Å². The third-order valence-electron chi connectivity index (χ3n) is 2.71. The maximum Gasteiger partial charge on any atom is 0.147 e. The number of aldehydes is 1. The molecule has 4 heteroatoms. The molecule has 1 aromatic carbocycles. The molecule has 0 spiro atoms. The smallest absolute Gasteiger partial charge is 0.147 e. The van der Waals surface area contributed by atoms with E-state index < -0.39 is 5.60 Å². The average Bonchev–Trinajstić information content (AvgIpc) is 2.29. The number of ether oxygens (including phenoxy) is 2. The van der Waals surface area contributed by atoms with E-state index in [1.807, 2.05) is 39.0 Å². The maximum absolute atomic E-state index is 10.5. The molecule has 0 fully saturated rings. The van der Waals surface area contributed by atoms with Gasteiger partial charge in [-0.1, -0.05) is 28.1 Å². The topological polar surface area (TPSA) is 35.5 Å². The normalized spacial score (nSPS) is 11.6. The van der Waals surface area contributed by atoms with Crippen molar-refractivity contribution in [1.29, 1.82) is 0 Å². The van der Waals surface area contributed by atoms with Crippen LogP contribution in [0.15, 0.2) is 22.7 Å². The summed E-state index contributed by atoms with van der Waals surface area (Å²) in [7, 11) is 0. The predicted molar refractivity (Wildman–Crippen MR) is 74.5 cm³/mol. The molecule has 0 aliphatic rings. The SMILES string of the molecule is CCOCOC(C)(C)c1ccc(CC=O)cc1Br. The first-order valence-corrected chi connectivity index (χ1v) is 6.74. The molecule has 0 heterocycles. The van der Waals surface area contributed by atoms with Crippen LogP contribution in [0.5, 0.6) is 0 Å². The molecule has 0 bridgehead atoms. The lowest BCUT2D eigenvalue weighted by molar-refractivity contribution is -0.129. The highest BCUT2D eigenvalue weighted by molar-refractivity contribution is 9.10. The van der Waals surface area contributed by atoms with Crippen LogP contribution < -0.4 is 0 Å². The summed E-state index contributed by atoms with van der Waals surface area (Å²) >= 11 is 3.53. The Morgan fingerprint density at radius 2 is 2.11 bits per heavy atom. The lowest BCUT2D eigenvalue weighted by Crippen LogP contribution is -2.23. The first-order chi connectivity index (χ1) is 8.51. The van der Waals surface area contributed by atoms with Crippen LogP contribution in [0.4, 0.5) is 0 Å². The Hall–Kier alpha value is -0.710. The van der Waals surface area contributed by atoms with Gasteiger partial charge in [0, 0.05) is 17.5 Å². The van der Waals surface area contributed by atoms with Crippen molar-refractivity contribution in [3.8, 4) is 0 Å². The summed E-state index contributed by atoms with van der Waals surface area (Å²) in [6.45, 7) is 6.82. The minimum absolute atomic E-state index is 0.270. The number of carbonyl (C=O) groups excluding carboxylic acids is 1. The molecule has 18 heavy (non-hydrogen) atoms. The fourth-order valence-electron chi connectivity index (χ4n) is 1.62. The molecule has 0 saturated heterocycles. The molecule has 0 aliphatic carbocycles. The third kappa shape index (κ3) is 4.19. The zero-order valence-electron chi connectivity index (χ0n) is 11.0. The Labute approximate surface area is 117 Å². The van der Waals surface area contributed by atoms with Crippen molar-refractivity contribution < 1.29 is 14.3 Å². The van der Waals surface area contributed by atoms with Crippen LogP contribution in [0.25, 0.3) is 0 Å². The second kappa shape index (κ2) is 7.02. The van der Waals surface area contributed by atoms with Crippen LogP contribution in [-0.4, -0.2) is 19.7 Å². The molecule has 1 aromatic rings. The fraction of sp³-hybridized carbons (Fsp3) is 0.500. The van der Waals surface area contributed by atoms with Gasteiger partial charge in [0.05, 0.1) is 5.60 Å². The van der Waals surface area contributed by atoms with Crippen molar-refractivity contribution in [2.24, 2.45) is 0 Å². The van der Waals surface area contributed by atoms with E-state index in [-0.39, 0.29) is 6.79 Å². The van der Waals surface area contributed by atoms with Gasteiger partial charge in [0.15, 0.2) is 0 Å². The van der Waals surface area contributed by atoms with Gasteiger partial charge in [-0.05, 0) is 38.0 Å². The minimum Gasteiger partial charge on any atom is -0.356 e.